The van der Waals surface area contributed by atoms with E-state index < -0.39 is 16.0 Å². The number of primary sulfonamides is 1. The van der Waals surface area contributed by atoms with E-state index >= 15 is 0 Å². The maximum Gasteiger partial charge on any atom is 0.339 e. The van der Waals surface area contributed by atoms with Crippen molar-refractivity contribution in [1.82, 2.24) is 5.32 Å². The lowest BCUT2D eigenvalue weighted by molar-refractivity contribution is -0.142. The Balaban J connectivity index is 2.52. The van der Waals surface area contributed by atoms with Crippen LogP contribution >= 0.6 is 11.3 Å². The van der Waals surface area contributed by atoms with Crippen LogP contribution < -0.4 is 10.5 Å². The fraction of sp³-hybridized carbons (Fsp3) is 0.500. The maximum atomic E-state index is 13.1. The quantitative estimate of drug-likeness (QED) is 0.309. The number of unbranched alkanes of at least 4 members (excludes halogenated alkanes) is 1. The molecule has 188 valence electrons. The van der Waals surface area contributed by atoms with E-state index in [1.54, 1.807) is 25.1 Å². The molecule has 2 aromatic rings. The summed E-state index contributed by atoms with van der Waals surface area (Å²) in [5.41, 5.74) is 1.89. The summed E-state index contributed by atoms with van der Waals surface area (Å²) in [6.45, 7) is 8.70. The Morgan fingerprint density at radius 3 is 2.53 bits per heavy atom. The van der Waals surface area contributed by atoms with Gasteiger partial charge in [-0.2, -0.15) is 0 Å². The fourth-order valence-electron chi connectivity index (χ4n) is 3.39. The minimum absolute atomic E-state index is 0.0481. The Hall–Kier alpha value is -2.27. The molecule has 10 heteroatoms. The van der Waals surface area contributed by atoms with Gasteiger partial charge >= 0.3 is 11.9 Å². The highest BCUT2D eigenvalue weighted by Gasteiger charge is 2.30. The van der Waals surface area contributed by atoms with Crippen LogP contribution in [0.2, 0.25) is 0 Å². The van der Waals surface area contributed by atoms with E-state index in [2.05, 4.69) is 5.32 Å². The lowest BCUT2D eigenvalue weighted by Gasteiger charge is -2.12. The van der Waals surface area contributed by atoms with Crippen molar-refractivity contribution >= 4 is 33.3 Å². The Bertz CT molecular complexity index is 1090. The van der Waals surface area contributed by atoms with Crippen LogP contribution in [0.1, 0.15) is 61.3 Å². The minimum atomic E-state index is -4.09. The van der Waals surface area contributed by atoms with Gasteiger partial charge in [-0.05, 0) is 42.9 Å². The molecule has 1 aromatic carbocycles. The van der Waals surface area contributed by atoms with E-state index in [0.717, 1.165) is 23.3 Å². The summed E-state index contributed by atoms with van der Waals surface area (Å²) < 4.78 is 35.4. The number of hydrogen-bond acceptors (Lipinski definition) is 8. The van der Waals surface area contributed by atoms with Crippen molar-refractivity contribution in [1.29, 1.82) is 0 Å². The largest absolute Gasteiger partial charge is 0.465 e. The zero-order valence-corrected chi connectivity index (χ0v) is 21.8. The molecule has 1 aromatic heterocycles. The minimum Gasteiger partial charge on any atom is -0.465 e. The molecule has 0 aliphatic heterocycles. The molecule has 0 aliphatic rings. The number of sulfonamides is 1. The summed E-state index contributed by atoms with van der Waals surface area (Å²) in [6.07, 6.45) is 2.10. The molecule has 1 heterocycles. The van der Waals surface area contributed by atoms with Crippen LogP contribution in [0.4, 0.5) is 0 Å². The summed E-state index contributed by atoms with van der Waals surface area (Å²) in [6, 6.07) is 7.15. The number of carbonyl (C=O) groups is 2. The normalized spacial score (nSPS) is 11.6. The summed E-state index contributed by atoms with van der Waals surface area (Å²) >= 11 is 1.03. The predicted molar refractivity (Wildman–Crippen MR) is 133 cm³/mol. The predicted octanol–water partition coefficient (Wildman–Crippen LogP) is 3.87. The highest BCUT2D eigenvalue weighted by Crippen LogP contribution is 2.41. The van der Waals surface area contributed by atoms with Crippen LogP contribution in [-0.2, 0) is 37.3 Å². The van der Waals surface area contributed by atoms with Gasteiger partial charge in [0, 0.05) is 17.0 Å². The molecular formula is C24H34N2O6S2. The zero-order valence-electron chi connectivity index (χ0n) is 20.2. The smallest absolute Gasteiger partial charge is 0.339 e. The second-order valence-electron chi connectivity index (χ2n) is 8.30. The van der Waals surface area contributed by atoms with E-state index in [-0.39, 0.29) is 40.4 Å². The van der Waals surface area contributed by atoms with Gasteiger partial charge in [-0.1, -0.05) is 45.4 Å². The number of esters is 2. The van der Waals surface area contributed by atoms with Crippen molar-refractivity contribution in [2.24, 2.45) is 11.1 Å². The van der Waals surface area contributed by atoms with Gasteiger partial charge in [0.2, 0.25) is 10.0 Å². The first kappa shape index (κ1) is 28.0. The van der Waals surface area contributed by atoms with E-state index in [1.165, 1.54) is 0 Å². The molecule has 0 spiro atoms. The molecule has 2 rings (SSSR count). The average Bonchev–Trinajstić information content (AvgIpc) is 3.13. The molecule has 0 radical (unpaired) electrons. The molecule has 0 amide bonds. The molecule has 3 N–H and O–H groups in total. The van der Waals surface area contributed by atoms with Crippen LogP contribution in [-0.4, -0.2) is 40.1 Å². The molecule has 0 fully saturated rings. The van der Waals surface area contributed by atoms with E-state index in [9.17, 15) is 18.0 Å². The first-order valence-corrected chi connectivity index (χ1v) is 13.8. The number of nitrogens with one attached hydrogen (secondary N) is 1. The van der Waals surface area contributed by atoms with Crippen molar-refractivity contribution in [2.45, 2.75) is 57.7 Å². The molecular weight excluding hydrogens is 476 g/mol. The summed E-state index contributed by atoms with van der Waals surface area (Å²) in [5, 5.41) is 8.58. The number of ether oxygens (including phenoxy) is 2. The first-order valence-electron chi connectivity index (χ1n) is 11.4. The van der Waals surface area contributed by atoms with Gasteiger partial charge in [0.05, 0.1) is 25.3 Å². The number of benzene rings is 1. The highest BCUT2D eigenvalue weighted by molar-refractivity contribution is 7.91. The molecule has 0 unspecified atom stereocenters. The Morgan fingerprint density at radius 1 is 1.18 bits per heavy atom. The van der Waals surface area contributed by atoms with Crippen LogP contribution in [0.15, 0.2) is 28.5 Å². The van der Waals surface area contributed by atoms with Crippen molar-refractivity contribution in [2.75, 3.05) is 19.8 Å². The third-order valence-electron chi connectivity index (χ3n) is 4.86. The van der Waals surface area contributed by atoms with E-state index in [0.29, 0.717) is 36.4 Å². The van der Waals surface area contributed by atoms with Gasteiger partial charge in [0.25, 0.3) is 0 Å². The molecule has 0 atom stereocenters. The monoisotopic (exact) mass is 510 g/mol. The zero-order chi connectivity index (χ0) is 25.3. The van der Waals surface area contributed by atoms with Gasteiger partial charge in [-0.15, -0.1) is 11.3 Å². The second-order valence-corrected chi connectivity index (χ2v) is 11.2. The molecule has 8 nitrogen and oxygen atoms in total. The van der Waals surface area contributed by atoms with E-state index in [4.69, 9.17) is 14.6 Å². The third-order valence-corrected chi connectivity index (χ3v) is 7.53. The van der Waals surface area contributed by atoms with Crippen LogP contribution in [0.5, 0.6) is 0 Å². The summed E-state index contributed by atoms with van der Waals surface area (Å²) in [7, 11) is -4.09. The molecule has 34 heavy (non-hydrogen) atoms. The lowest BCUT2D eigenvalue weighted by atomic mass is 9.98. The molecule has 0 saturated heterocycles. The topological polar surface area (TPSA) is 125 Å². The van der Waals surface area contributed by atoms with Gasteiger partial charge in [0.1, 0.15) is 4.21 Å². The van der Waals surface area contributed by atoms with Crippen molar-refractivity contribution in [3.8, 4) is 11.1 Å². The Kier molecular flexibility index (Phi) is 10.7. The standard InChI is InChI=1S/C24H34N2O6S2/c1-5-7-11-32-23(28)22-19(12-16(3)4)33-24(34(25,29)30)21(22)18-10-8-9-17(13-18)14-26-15-20(27)31-6-2/h8-10,13,16,26H,5-7,11-12,14-15H2,1-4H3,(H2,25,29,30). The lowest BCUT2D eigenvalue weighted by Crippen LogP contribution is -2.24. The van der Waals surface area contributed by atoms with Gasteiger partial charge in [0.15, 0.2) is 0 Å². The highest BCUT2D eigenvalue weighted by atomic mass is 32.2. The summed E-state index contributed by atoms with van der Waals surface area (Å²) in [5.74, 6) is -0.708. The van der Waals surface area contributed by atoms with Crippen LogP contribution in [0, 0.1) is 5.92 Å². The third kappa shape index (κ3) is 7.90. The van der Waals surface area contributed by atoms with E-state index in [1.807, 2.05) is 26.8 Å². The first-order chi connectivity index (χ1) is 16.1. The molecule has 0 bridgehead atoms. The summed E-state index contributed by atoms with van der Waals surface area (Å²) in [4.78, 5) is 25.4. The van der Waals surface area contributed by atoms with Gasteiger partial charge in [-0.25, -0.2) is 18.4 Å². The number of nitrogens with two attached hydrogens (primary N) is 1. The Labute approximate surface area is 205 Å². The SMILES string of the molecule is CCCCOC(=O)c1c(CC(C)C)sc(S(N)(=O)=O)c1-c1cccc(CNCC(=O)OCC)c1. The average molecular weight is 511 g/mol. The fourth-order valence-corrected chi connectivity index (χ4v) is 5.91. The maximum absolute atomic E-state index is 13.1. The Morgan fingerprint density at radius 2 is 1.91 bits per heavy atom. The molecule has 0 saturated carbocycles. The number of thiophene rings is 1. The van der Waals surface area contributed by atoms with Crippen molar-refractivity contribution in [3.63, 3.8) is 0 Å². The number of rotatable bonds is 13. The van der Waals surface area contributed by atoms with Crippen molar-refractivity contribution < 1.29 is 27.5 Å². The second kappa shape index (κ2) is 13.0. The number of hydrogen-bond donors (Lipinski definition) is 2. The van der Waals surface area contributed by atoms with Crippen molar-refractivity contribution in [3.05, 3.63) is 40.3 Å². The van der Waals surface area contributed by atoms with Gasteiger partial charge in [-0.3, -0.25) is 4.79 Å². The molecule has 0 aliphatic carbocycles. The number of carbonyl (C=O) groups excluding carboxylic acids is 2. The van der Waals surface area contributed by atoms with Crippen LogP contribution in [0.3, 0.4) is 0 Å². The van der Waals surface area contributed by atoms with Crippen LogP contribution in [0.25, 0.3) is 11.1 Å². The van der Waals surface area contributed by atoms with Gasteiger partial charge < -0.3 is 14.8 Å².